The van der Waals surface area contributed by atoms with Gasteiger partial charge in [0.15, 0.2) is 0 Å². The minimum absolute atomic E-state index is 0.380. The molecule has 2 N–H and O–H groups in total. The minimum Gasteiger partial charge on any atom is -0.317 e. The van der Waals surface area contributed by atoms with Crippen LogP contribution < -0.4 is 5.48 Å². The van der Waals surface area contributed by atoms with Gasteiger partial charge in [-0.25, -0.2) is 5.48 Å². The van der Waals surface area contributed by atoms with Crippen LogP contribution in [0.1, 0.15) is 26.2 Å². The molecule has 0 heterocycles. The first-order valence-electron chi connectivity index (χ1n) is 3.22. The SMILES string of the molecule is CC1CCC(NO)C1. The van der Waals surface area contributed by atoms with Crippen molar-refractivity contribution in [3.8, 4) is 0 Å². The monoisotopic (exact) mass is 115 g/mol. The maximum atomic E-state index is 8.43. The van der Waals surface area contributed by atoms with Gasteiger partial charge in [-0.1, -0.05) is 6.92 Å². The highest BCUT2D eigenvalue weighted by Gasteiger charge is 2.19. The quantitative estimate of drug-likeness (QED) is 0.502. The van der Waals surface area contributed by atoms with Gasteiger partial charge in [0.1, 0.15) is 0 Å². The number of hydrogen-bond donors (Lipinski definition) is 2. The smallest absolute Gasteiger partial charge is 0.0322 e. The zero-order chi connectivity index (χ0) is 5.98. The van der Waals surface area contributed by atoms with Gasteiger partial charge in [-0.2, -0.15) is 0 Å². The van der Waals surface area contributed by atoms with Crippen molar-refractivity contribution in [3.05, 3.63) is 0 Å². The Balaban J connectivity index is 2.22. The van der Waals surface area contributed by atoms with Crippen molar-refractivity contribution in [1.82, 2.24) is 5.48 Å². The summed E-state index contributed by atoms with van der Waals surface area (Å²) in [7, 11) is 0. The molecule has 0 spiro atoms. The second kappa shape index (κ2) is 2.46. The van der Waals surface area contributed by atoms with Crippen LogP contribution in [0.25, 0.3) is 0 Å². The summed E-state index contributed by atoms with van der Waals surface area (Å²) in [6.07, 6.45) is 3.53. The van der Waals surface area contributed by atoms with E-state index in [1.54, 1.807) is 0 Å². The molecule has 0 radical (unpaired) electrons. The van der Waals surface area contributed by atoms with Gasteiger partial charge in [0.25, 0.3) is 0 Å². The van der Waals surface area contributed by atoms with Crippen molar-refractivity contribution in [1.29, 1.82) is 0 Å². The fraction of sp³-hybridized carbons (Fsp3) is 1.00. The zero-order valence-corrected chi connectivity index (χ0v) is 5.22. The van der Waals surface area contributed by atoms with E-state index in [0.29, 0.717) is 6.04 Å². The molecule has 1 aliphatic rings. The number of hydrogen-bond acceptors (Lipinski definition) is 2. The second-order valence-corrected chi connectivity index (χ2v) is 2.74. The summed E-state index contributed by atoms with van der Waals surface area (Å²) >= 11 is 0. The number of nitrogens with one attached hydrogen (secondary N) is 1. The molecule has 0 aromatic rings. The molecule has 2 heteroatoms. The predicted octanol–water partition coefficient (Wildman–Crippen LogP) is 1.15. The van der Waals surface area contributed by atoms with Gasteiger partial charge >= 0.3 is 0 Å². The Bertz CT molecular complexity index is 74.9. The first-order chi connectivity index (χ1) is 3.83. The molecule has 1 rings (SSSR count). The summed E-state index contributed by atoms with van der Waals surface area (Å²) < 4.78 is 0. The van der Waals surface area contributed by atoms with Crippen LogP contribution in [-0.4, -0.2) is 11.2 Å². The van der Waals surface area contributed by atoms with Crippen LogP contribution in [0.5, 0.6) is 0 Å². The topological polar surface area (TPSA) is 32.3 Å². The van der Waals surface area contributed by atoms with E-state index in [1.807, 2.05) is 0 Å². The lowest BCUT2D eigenvalue weighted by molar-refractivity contribution is 0.126. The molecule has 0 aromatic carbocycles. The highest BCUT2D eigenvalue weighted by Crippen LogP contribution is 2.23. The molecule has 0 bridgehead atoms. The fourth-order valence-electron chi connectivity index (χ4n) is 1.32. The van der Waals surface area contributed by atoms with Gasteiger partial charge in [0.2, 0.25) is 0 Å². The lowest BCUT2D eigenvalue weighted by Crippen LogP contribution is -2.21. The lowest BCUT2D eigenvalue weighted by Gasteiger charge is -2.03. The third-order valence-electron chi connectivity index (χ3n) is 1.88. The van der Waals surface area contributed by atoms with E-state index in [2.05, 4.69) is 12.4 Å². The third kappa shape index (κ3) is 1.20. The van der Waals surface area contributed by atoms with Gasteiger partial charge < -0.3 is 5.21 Å². The third-order valence-corrected chi connectivity index (χ3v) is 1.88. The first kappa shape index (κ1) is 6.05. The predicted molar refractivity (Wildman–Crippen MR) is 31.7 cm³/mol. The average Bonchev–Trinajstić information content (AvgIpc) is 2.14. The summed E-state index contributed by atoms with van der Waals surface area (Å²) in [5, 5.41) is 8.43. The van der Waals surface area contributed by atoms with Crippen molar-refractivity contribution in [2.45, 2.75) is 32.2 Å². The molecule has 1 aliphatic carbocycles. The van der Waals surface area contributed by atoms with E-state index in [0.717, 1.165) is 18.8 Å². The van der Waals surface area contributed by atoms with Crippen LogP contribution in [-0.2, 0) is 0 Å². The van der Waals surface area contributed by atoms with Crippen molar-refractivity contribution in [3.63, 3.8) is 0 Å². The molecule has 2 unspecified atom stereocenters. The van der Waals surface area contributed by atoms with Crippen LogP contribution in [0.3, 0.4) is 0 Å². The second-order valence-electron chi connectivity index (χ2n) is 2.74. The maximum Gasteiger partial charge on any atom is 0.0322 e. The van der Waals surface area contributed by atoms with Gasteiger partial charge in [-0.15, -0.1) is 0 Å². The van der Waals surface area contributed by atoms with Gasteiger partial charge in [-0.3, -0.25) is 0 Å². The van der Waals surface area contributed by atoms with Crippen LogP contribution in [0.2, 0.25) is 0 Å². The Morgan fingerprint density at radius 2 is 2.25 bits per heavy atom. The Kier molecular flexibility index (Phi) is 1.86. The van der Waals surface area contributed by atoms with Crippen LogP contribution in [0.4, 0.5) is 0 Å². The molecule has 2 atom stereocenters. The molecule has 2 nitrogen and oxygen atoms in total. The molecule has 0 aromatic heterocycles. The normalized spacial score (nSPS) is 38.2. The molecule has 1 fully saturated rings. The van der Waals surface area contributed by atoms with Crippen molar-refractivity contribution in [2.24, 2.45) is 5.92 Å². The summed E-state index contributed by atoms with van der Waals surface area (Å²) in [5.74, 6) is 0.805. The summed E-state index contributed by atoms with van der Waals surface area (Å²) in [5.41, 5.74) is 2.29. The molecule has 0 amide bonds. The Morgan fingerprint density at radius 1 is 1.50 bits per heavy atom. The Morgan fingerprint density at radius 3 is 2.50 bits per heavy atom. The molecular weight excluding hydrogens is 102 g/mol. The molecule has 1 saturated carbocycles. The minimum atomic E-state index is 0.380. The van der Waals surface area contributed by atoms with Gasteiger partial charge in [0.05, 0.1) is 0 Å². The van der Waals surface area contributed by atoms with E-state index >= 15 is 0 Å². The highest BCUT2D eigenvalue weighted by atomic mass is 16.5. The van der Waals surface area contributed by atoms with Crippen molar-refractivity contribution in [2.75, 3.05) is 0 Å². The highest BCUT2D eigenvalue weighted by molar-refractivity contribution is 4.74. The number of hydroxylamine groups is 1. The number of rotatable bonds is 1. The van der Waals surface area contributed by atoms with Crippen LogP contribution in [0, 0.1) is 5.92 Å². The zero-order valence-electron chi connectivity index (χ0n) is 5.22. The van der Waals surface area contributed by atoms with E-state index in [-0.39, 0.29) is 0 Å². The van der Waals surface area contributed by atoms with E-state index in [4.69, 9.17) is 5.21 Å². The molecule has 0 aliphatic heterocycles. The summed E-state index contributed by atoms with van der Waals surface area (Å²) in [6, 6.07) is 0.380. The molecule has 0 saturated heterocycles. The van der Waals surface area contributed by atoms with E-state index < -0.39 is 0 Å². The molecular formula is C6H13NO. The molecule has 48 valence electrons. The van der Waals surface area contributed by atoms with Crippen molar-refractivity contribution < 1.29 is 5.21 Å². The maximum absolute atomic E-state index is 8.43. The summed E-state index contributed by atoms with van der Waals surface area (Å²) in [6.45, 7) is 2.22. The van der Waals surface area contributed by atoms with Gasteiger partial charge in [0, 0.05) is 6.04 Å². The first-order valence-corrected chi connectivity index (χ1v) is 3.22. The average molecular weight is 115 g/mol. The Hall–Kier alpha value is -0.0800. The Labute approximate surface area is 49.9 Å². The molecule has 8 heavy (non-hydrogen) atoms. The van der Waals surface area contributed by atoms with Gasteiger partial charge in [-0.05, 0) is 25.2 Å². The fourth-order valence-corrected chi connectivity index (χ4v) is 1.32. The van der Waals surface area contributed by atoms with E-state index in [9.17, 15) is 0 Å². The largest absolute Gasteiger partial charge is 0.317 e. The van der Waals surface area contributed by atoms with Crippen LogP contribution >= 0.6 is 0 Å². The lowest BCUT2D eigenvalue weighted by atomic mass is 10.1. The van der Waals surface area contributed by atoms with Crippen LogP contribution in [0.15, 0.2) is 0 Å². The summed E-state index contributed by atoms with van der Waals surface area (Å²) in [4.78, 5) is 0. The van der Waals surface area contributed by atoms with E-state index in [1.165, 1.54) is 6.42 Å². The van der Waals surface area contributed by atoms with Crippen molar-refractivity contribution >= 4 is 0 Å². The standard InChI is InChI=1S/C6H13NO/c1-5-2-3-6(4-5)7-8/h5-8H,2-4H2,1H3.